The number of hydrogen-bond acceptors (Lipinski definition) is 4. The third kappa shape index (κ3) is 4.65. The molecule has 0 saturated heterocycles. The van der Waals surface area contributed by atoms with Crippen molar-refractivity contribution in [1.29, 1.82) is 0 Å². The minimum atomic E-state index is -1.08. The molecule has 5 rings (SSSR count). The molecule has 2 amide bonds. The number of fused-ring (bicyclic) bond motifs is 2. The van der Waals surface area contributed by atoms with E-state index in [1.807, 2.05) is 12.1 Å². The van der Waals surface area contributed by atoms with Crippen molar-refractivity contribution in [2.45, 2.75) is 39.3 Å². The van der Waals surface area contributed by atoms with Crippen molar-refractivity contribution >= 4 is 23.3 Å². The second kappa shape index (κ2) is 10.1. The van der Waals surface area contributed by atoms with Gasteiger partial charge in [-0.1, -0.05) is 24.3 Å². The highest BCUT2D eigenvalue weighted by atomic mass is 19.1. The zero-order valence-corrected chi connectivity index (χ0v) is 20.9. The van der Waals surface area contributed by atoms with Crippen LogP contribution < -0.4 is 15.0 Å². The predicted molar refractivity (Wildman–Crippen MR) is 137 cm³/mol. The summed E-state index contributed by atoms with van der Waals surface area (Å²) in [7, 11) is 0. The molecule has 1 atom stereocenters. The largest absolute Gasteiger partial charge is 0.485 e. The van der Waals surface area contributed by atoms with Crippen LogP contribution in [0.1, 0.15) is 39.3 Å². The van der Waals surface area contributed by atoms with E-state index in [0.717, 1.165) is 23.3 Å². The molecule has 8 nitrogen and oxygen atoms in total. The van der Waals surface area contributed by atoms with Crippen LogP contribution in [0.25, 0.3) is 5.65 Å². The predicted octanol–water partition coefficient (Wildman–Crippen LogP) is 5.04. The zero-order chi connectivity index (χ0) is 27.0. The van der Waals surface area contributed by atoms with Crippen molar-refractivity contribution in [3.63, 3.8) is 0 Å². The number of pyridine rings is 1. The van der Waals surface area contributed by atoms with Crippen LogP contribution in [-0.4, -0.2) is 39.1 Å². The molecule has 1 aliphatic rings. The Morgan fingerprint density at radius 3 is 2.61 bits per heavy atom. The average Bonchev–Trinajstić information content (AvgIpc) is 3.21. The number of carbonyl (C=O) groups is 2. The number of imidazole rings is 1. The number of nitrogens with zero attached hydrogens (tertiary/aromatic N) is 3. The number of hydrogen-bond donors (Lipinski definition) is 2. The fourth-order valence-corrected chi connectivity index (χ4v) is 4.91. The van der Waals surface area contributed by atoms with E-state index in [1.54, 1.807) is 42.6 Å². The first kappa shape index (κ1) is 25.2. The molecule has 1 unspecified atom stereocenters. The SMILES string of the molecule is Cc1cc(OCc2c(F)cccc2F)c2nc(C)c(C(=O)NCC3CCc4ccccc4N3C(=O)O)n2c1. The lowest BCUT2D eigenvalue weighted by Gasteiger charge is -2.35. The number of rotatable bonds is 6. The van der Waals surface area contributed by atoms with E-state index in [-0.39, 0.29) is 30.2 Å². The third-order valence-electron chi connectivity index (χ3n) is 6.71. The quantitative estimate of drug-likeness (QED) is 0.372. The minimum absolute atomic E-state index is 0.119. The number of halogens is 2. The molecular formula is C28H26F2N4O4. The van der Waals surface area contributed by atoms with E-state index in [9.17, 15) is 23.5 Å². The van der Waals surface area contributed by atoms with Gasteiger partial charge in [0.2, 0.25) is 0 Å². The number of para-hydroxylation sites is 1. The van der Waals surface area contributed by atoms with Gasteiger partial charge in [-0.05, 0) is 62.1 Å². The molecule has 0 saturated carbocycles. The molecule has 4 aromatic rings. The molecule has 2 N–H and O–H groups in total. The molecule has 1 aliphatic heterocycles. The van der Waals surface area contributed by atoms with Gasteiger partial charge in [0.15, 0.2) is 11.4 Å². The molecule has 38 heavy (non-hydrogen) atoms. The van der Waals surface area contributed by atoms with Crippen LogP contribution in [0.3, 0.4) is 0 Å². The second-order valence-electron chi connectivity index (χ2n) is 9.29. The van der Waals surface area contributed by atoms with Gasteiger partial charge in [-0.25, -0.2) is 18.6 Å². The summed E-state index contributed by atoms with van der Waals surface area (Å²) < 4.78 is 35.5. The molecule has 0 spiro atoms. The summed E-state index contributed by atoms with van der Waals surface area (Å²) in [5, 5.41) is 12.7. The Morgan fingerprint density at radius 1 is 1.13 bits per heavy atom. The number of benzene rings is 2. The maximum Gasteiger partial charge on any atom is 0.412 e. The van der Waals surface area contributed by atoms with Crippen molar-refractivity contribution in [2.24, 2.45) is 0 Å². The normalized spacial score (nSPS) is 14.8. The molecule has 0 bridgehead atoms. The van der Waals surface area contributed by atoms with Crippen LogP contribution in [0.4, 0.5) is 19.3 Å². The van der Waals surface area contributed by atoms with E-state index in [1.165, 1.54) is 11.0 Å². The van der Waals surface area contributed by atoms with Crippen LogP contribution in [0.5, 0.6) is 5.75 Å². The van der Waals surface area contributed by atoms with Gasteiger partial charge in [-0.3, -0.25) is 14.1 Å². The summed E-state index contributed by atoms with van der Waals surface area (Å²) in [6.07, 6.45) is 1.92. The molecule has 2 aromatic carbocycles. The standard InChI is InChI=1S/C28H26F2N4O4/c1-16-12-24(38-15-20-21(29)7-5-8-22(20)30)26-32-17(2)25(33(26)14-16)27(35)31-13-19-11-10-18-6-3-4-9-23(18)34(19)28(36)37/h3-9,12,14,19H,10-11,13,15H2,1-2H3,(H,31,35)(H,36,37). The van der Waals surface area contributed by atoms with Crippen LogP contribution in [0, 0.1) is 25.5 Å². The number of nitrogens with one attached hydrogen (secondary N) is 1. The van der Waals surface area contributed by atoms with Crippen molar-refractivity contribution in [1.82, 2.24) is 14.7 Å². The zero-order valence-electron chi connectivity index (χ0n) is 20.9. The number of aryl methyl sites for hydroxylation is 3. The Morgan fingerprint density at radius 2 is 1.87 bits per heavy atom. The number of anilines is 1. The van der Waals surface area contributed by atoms with E-state index in [2.05, 4.69) is 10.3 Å². The van der Waals surface area contributed by atoms with E-state index in [4.69, 9.17) is 4.74 Å². The average molecular weight is 521 g/mol. The van der Waals surface area contributed by atoms with Gasteiger partial charge in [0.25, 0.3) is 5.91 Å². The monoisotopic (exact) mass is 520 g/mol. The Hall–Kier alpha value is -4.47. The Bertz CT molecular complexity index is 1530. The van der Waals surface area contributed by atoms with Gasteiger partial charge in [0.1, 0.15) is 23.9 Å². The molecule has 0 fully saturated rings. The smallest absolute Gasteiger partial charge is 0.412 e. The van der Waals surface area contributed by atoms with E-state index in [0.29, 0.717) is 29.9 Å². The highest BCUT2D eigenvalue weighted by Gasteiger charge is 2.31. The summed E-state index contributed by atoms with van der Waals surface area (Å²) in [6, 6.07) is 12.2. The number of ether oxygens (including phenoxy) is 1. The summed E-state index contributed by atoms with van der Waals surface area (Å²) >= 11 is 0. The molecule has 0 aliphatic carbocycles. The van der Waals surface area contributed by atoms with Crippen molar-refractivity contribution in [3.8, 4) is 5.75 Å². The van der Waals surface area contributed by atoms with Gasteiger partial charge in [-0.15, -0.1) is 0 Å². The Labute approximate surface area is 217 Å². The molecule has 0 radical (unpaired) electrons. The van der Waals surface area contributed by atoms with E-state index < -0.39 is 29.7 Å². The number of carboxylic acid groups (broad SMARTS) is 1. The van der Waals surface area contributed by atoms with Gasteiger partial charge in [-0.2, -0.15) is 0 Å². The van der Waals surface area contributed by atoms with Crippen LogP contribution in [0.2, 0.25) is 0 Å². The number of aromatic nitrogens is 2. The summed E-state index contributed by atoms with van der Waals surface area (Å²) in [4.78, 5) is 31.2. The van der Waals surface area contributed by atoms with E-state index >= 15 is 0 Å². The first-order valence-corrected chi connectivity index (χ1v) is 12.2. The van der Waals surface area contributed by atoms with Gasteiger partial charge in [0.05, 0.1) is 23.0 Å². The molecule has 196 valence electrons. The van der Waals surface area contributed by atoms with Crippen LogP contribution in [0.15, 0.2) is 54.7 Å². The molecule has 3 heterocycles. The fourth-order valence-electron chi connectivity index (χ4n) is 4.91. The van der Waals surface area contributed by atoms with Gasteiger partial charge in [0, 0.05) is 12.7 Å². The fraction of sp³-hybridized carbons (Fsp3) is 0.250. The number of carbonyl (C=O) groups excluding carboxylic acids is 1. The lowest BCUT2D eigenvalue weighted by molar-refractivity contribution is 0.0942. The molecule has 10 heteroatoms. The highest BCUT2D eigenvalue weighted by Crippen LogP contribution is 2.31. The number of amides is 2. The first-order valence-electron chi connectivity index (χ1n) is 12.2. The first-order chi connectivity index (χ1) is 18.2. The maximum absolute atomic E-state index is 14.1. The summed E-state index contributed by atoms with van der Waals surface area (Å²) in [5.74, 6) is -1.57. The third-order valence-corrected chi connectivity index (χ3v) is 6.71. The molecule has 2 aromatic heterocycles. The minimum Gasteiger partial charge on any atom is -0.485 e. The topological polar surface area (TPSA) is 96.2 Å². The summed E-state index contributed by atoms with van der Waals surface area (Å²) in [5.41, 5.74) is 3.14. The lowest BCUT2D eigenvalue weighted by atomic mass is 9.96. The van der Waals surface area contributed by atoms with Gasteiger partial charge < -0.3 is 15.2 Å². The maximum atomic E-state index is 14.1. The highest BCUT2D eigenvalue weighted by molar-refractivity contribution is 5.95. The van der Waals surface area contributed by atoms with Crippen LogP contribution >= 0.6 is 0 Å². The van der Waals surface area contributed by atoms with Crippen molar-refractivity contribution in [3.05, 3.63) is 94.4 Å². The lowest BCUT2D eigenvalue weighted by Crippen LogP contribution is -2.49. The summed E-state index contributed by atoms with van der Waals surface area (Å²) in [6.45, 7) is 3.25. The van der Waals surface area contributed by atoms with Crippen molar-refractivity contribution < 1.29 is 28.2 Å². The van der Waals surface area contributed by atoms with Crippen LogP contribution in [-0.2, 0) is 13.0 Å². The Kier molecular flexibility index (Phi) is 6.71. The van der Waals surface area contributed by atoms with Crippen molar-refractivity contribution in [2.75, 3.05) is 11.4 Å². The Balaban J connectivity index is 1.38. The van der Waals surface area contributed by atoms with Gasteiger partial charge >= 0.3 is 6.09 Å². The molecular weight excluding hydrogens is 494 g/mol. The second-order valence-corrected chi connectivity index (χ2v) is 9.29.